The minimum Gasteiger partial charge on any atom is -0.381 e. The van der Waals surface area contributed by atoms with Gasteiger partial charge in [0, 0.05) is 12.5 Å². The van der Waals surface area contributed by atoms with Crippen LogP contribution in [0.15, 0.2) is 53.3 Å². The molecule has 0 radical (unpaired) electrons. The van der Waals surface area contributed by atoms with Crippen molar-refractivity contribution in [3.63, 3.8) is 0 Å². The lowest BCUT2D eigenvalue weighted by Gasteiger charge is -2.42. The second kappa shape index (κ2) is 4.92. The quantitative estimate of drug-likeness (QED) is 0.715. The van der Waals surface area contributed by atoms with Crippen LogP contribution in [0.3, 0.4) is 0 Å². The maximum absolute atomic E-state index is 10.9. The highest BCUT2D eigenvalue weighted by atomic mass is 32.2. The molecule has 18 heavy (non-hydrogen) atoms. The van der Waals surface area contributed by atoms with Crippen molar-refractivity contribution in [3.05, 3.63) is 58.9 Å². The van der Waals surface area contributed by atoms with Crippen molar-refractivity contribution in [2.75, 3.05) is 6.54 Å². The molecule has 1 aromatic carbocycles. The third-order valence-electron chi connectivity index (χ3n) is 3.73. The summed E-state index contributed by atoms with van der Waals surface area (Å²) in [7, 11) is -0.508. The molecular weight excluding hydrogens is 242 g/mol. The molecule has 0 bridgehead atoms. The Labute approximate surface area is 111 Å². The predicted molar refractivity (Wildman–Crippen MR) is 78.6 cm³/mol. The molecule has 2 aliphatic rings. The van der Waals surface area contributed by atoms with Crippen molar-refractivity contribution in [2.45, 2.75) is 23.8 Å². The van der Waals surface area contributed by atoms with Crippen molar-refractivity contribution in [3.8, 4) is 0 Å². The molecule has 0 aliphatic carbocycles. The largest absolute Gasteiger partial charge is 0.381 e. The molecule has 0 amide bonds. The average molecular weight is 261 g/mol. The summed E-state index contributed by atoms with van der Waals surface area (Å²) in [6, 6.07) is 10.7. The van der Waals surface area contributed by atoms with E-state index in [1.165, 1.54) is 5.56 Å². The van der Waals surface area contributed by atoms with E-state index in [2.05, 4.69) is 52.6 Å². The molecular formula is C15H19NOS. The standard InChI is InChI=1S/C15H19NOS/c17-15(18-10-4-5-11-18)8-9-16-14(12-15)13-6-2-1-3-7-13/h1-7,10-11,14,16-18H,8-9,12H2. The zero-order valence-corrected chi connectivity index (χ0v) is 11.2. The summed E-state index contributed by atoms with van der Waals surface area (Å²) in [4.78, 5) is -0.537. The van der Waals surface area contributed by atoms with Crippen LogP contribution < -0.4 is 5.32 Å². The van der Waals surface area contributed by atoms with Crippen molar-refractivity contribution in [1.82, 2.24) is 5.32 Å². The van der Waals surface area contributed by atoms with Gasteiger partial charge in [-0.15, -0.1) is 0 Å². The highest BCUT2D eigenvalue weighted by Crippen LogP contribution is 2.51. The van der Waals surface area contributed by atoms with Crippen LogP contribution in [0, 0.1) is 0 Å². The molecule has 3 heteroatoms. The van der Waals surface area contributed by atoms with E-state index in [0.29, 0.717) is 0 Å². The first-order valence-corrected chi connectivity index (χ1v) is 7.90. The van der Waals surface area contributed by atoms with Gasteiger partial charge in [-0.25, -0.2) is 0 Å². The Hall–Kier alpha value is -1.03. The lowest BCUT2D eigenvalue weighted by atomic mass is 9.95. The molecule has 2 nitrogen and oxygen atoms in total. The molecule has 2 aliphatic heterocycles. The van der Waals surface area contributed by atoms with Crippen LogP contribution in [0.5, 0.6) is 0 Å². The molecule has 0 spiro atoms. The molecule has 2 heterocycles. The summed E-state index contributed by atoms with van der Waals surface area (Å²) >= 11 is 0. The van der Waals surface area contributed by atoms with E-state index >= 15 is 0 Å². The number of nitrogens with one attached hydrogen (secondary N) is 1. The topological polar surface area (TPSA) is 32.3 Å². The van der Waals surface area contributed by atoms with Gasteiger partial charge in [-0.1, -0.05) is 42.5 Å². The third-order valence-corrected chi connectivity index (χ3v) is 6.09. The van der Waals surface area contributed by atoms with E-state index < -0.39 is 15.8 Å². The minimum atomic E-state index is -0.537. The summed E-state index contributed by atoms with van der Waals surface area (Å²) < 4.78 is 0. The van der Waals surface area contributed by atoms with Gasteiger partial charge in [0.25, 0.3) is 0 Å². The third kappa shape index (κ3) is 2.26. The Morgan fingerprint density at radius 1 is 1.17 bits per heavy atom. The first-order valence-electron chi connectivity index (χ1n) is 6.42. The van der Waals surface area contributed by atoms with E-state index in [0.717, 1.165) is 19.4 Å². The summed E-state index contributed by atoms with van der Waals surface area (Å²) in [5, 5.41) is 18.7. The Morgan fingerprint density at radius 3 is 2.61 bits per heavy atom. The molecule has 1 aromatic rings. The summed E-state index contributed by atoms with van der Waals surface area (Å²) in [6.45, 7) is 0.885. The zero-order valence-electron chi connectivity index (χ0n) is 10.3. The first-order chi connectivity index (χ1) is 8.78. The number of hydrogen-bond donors (Lipinski definition) is 3. The van der Waals surface area contributed by atoms with Gasteiger partial charge in [0.1, 0.15) is 4.93 Å². The van der Waals surface area contributed by atoms with E-state index in [9.17, 15) is 5.11 Å². The maximum atomic E-state index is 10.9. The Balaban J connectivity index is 1.80. The van der Waals surface area contributed by atoms with Crippen LogP contribution in [0.2, 0.25) is 0 Å². The fraction of sp³-hybridized carbons (Fsp3) is 0.333. The van der Waals surface area contributed by atoms with Gasteiger partial charge in [-0.2, -0.15) is 10.9 Å². The molecule has 2 atom stereocenters. The average Bonchev–Trinajstić information content (AvgIpc) is 2.95. The van der Waals surface area contributed by atoms with Gasteiger partial charge in [0.05, 0.1) is 0 Å². The van der Waals surface area contributed by atoms with Crippen LogP contribution in [0.25, 0.3) is 0 Å². The minimum absolute atomic E-state index is 0.273. The molecule has 0 aromatic heterocycles. The number of allylic oxidation sites excluding steroid dienone is 2. The van der Waals surface area contributed by atoms with Crippen molar-refractivity contribution in [2.24, 2.45) is 0 Å². The first kappa shape index (κ1) is 12.0. The highest BCUT2D eigenvalue weighted by molar-refractivity contribution is 8.23. The summed E-state index contributed by atoms with van der Waals surface area (Å²) in [5.74, 6) is 0. The van der Waals surface area contributed by atoms with Crippen LogP contribution in [0.4, 0.5) is 0 Å². The number of thiol groups is 1. The van der Waals surface area contributed by atoms with Gasteiger partial charge in [0.2, 0.25) is 0 Å². The molecule has 1 saturated heterocycles. The number of piperidine rings is 1. The Bertz CT molecular complexity index is 459. The lowest BCUT2D eigenvalue weighted by Crippen LogP contribution is -2.42. The number of rotatable bonds is 2. The van der Waals surface area contributed by atoms with Gasteiger partial charge in [-0.3, -0.25) is 0 Å². The second-order valence-electron chi connectivity index (χ2n) is 4.94. The van der Waals surface area contributed by atoms with E-state index in [4.69, 9.17) is 0 Å². The van der Waals surface area contributed by atoms with Gasteiger partial charge < -0.3 is 10.4 Å². The SMILES string of the molecule is OC1([SH]2C=CC=C2)CCNC(c2ccccc2)C1. The lowest BCUT2D eigenvalue weighted by molar-refractivity contribution is 0.0818. The molecule has 0 saturated carbocycles. The van der Waals surface area contributed by atoms with Crippen LogP contribution in [0.1, 0.15) is 24.4 Å². The normalized spacial score (nSPS) is 32.9. The number of hydrogen-bond acceptors (Lipinski definition) is 2. The fourth-order valence-corrected chi connectivity index (χ4v) is 4.70. The van der Waals surface area contributed by atoms with E-state index in [1.54, 1.807) is 0 Å². The van der Waals surface area contributed by atoms with Gasteiger partial charge in [0.15, 0.2) is 0 Å². The summed E-state index contributed by atoms with van der Waals surface area (Å²) in [5.41, 5.74) is 1.28. The van der Waals surface area contributed by atoms with Crippen LogP contribution >= 0.6 is 10.9 Å². The van der Waals surface area contributed by atoms with Crippen LogP contribution in [-0.4, -0.2) is 16.6 Å². The van der Waals surface area contributed by atoms with Crippen molar-refractivity contribution >= 4 is 10.9 Å². The Morgan fingerprint density at radius 2 is 1.89 bits per heavy atom. The molecule has 96 valence electrons. The highest BCUT2D eigenvalue weighted by Gasteiger charge is 2.38. The van der Waals surface area contributed by atoms with E-state index in [1.807, 2.05) is 6.07 Å². The fourth-order valence-electron chi connectivity index (χ4n) is 2.72. The smallest absolute Gasteiger partial charge is 0.102 e. The molecule has 2 N–H and O–H groups in total. The second-order valence-corrected chi connectivity index (χ2v) is 7.19. The Kier molecular flexibility index (Phi) is 3.29. The van der Waals surface area contributed by atoms with Gasteiger partial charge in [-0.05, 0) is 29.3 Å². The monoisotopic (exact) mass is 261 g/mol. The molecule has 2 unspecified atom stereocenters. The number of benzene rings is 1. The molecule has 1 fully saturated rings. The summed E-state index contributed by atoms with van der Waals surface area (Å²) in [6.07, 6.45) is 5.76. The van der Waals surface area contributed by atoms with Crippen molar-refractivity contribution < 1.29 is 5.11 Å². The van der Waals surface area contributed by atoms with Crippen molar-refractivity contribution in [1.29, 1.82) is 0 Å². The van der Waals surface area contributed by atoms with Gasteiger partial charge >= 0.3 is 0 Å². The van der Waals surface area contributed by atoms with Crippen LogP contribution in [-0.2, 0) is 0 Å². The van der Waals surface area contributed by atoms with E-state index in [-0.39, 0.29) is 6.04 Å². The zero-order chi connectivity index (χ0) is 12.4. The molecule has 3 rings (SSSR count). The number of aliphatic hydroxyl groups is 1. The maximum Gasteiger partial charge on any atom is 0.102 e. The predicted octanol–water partition coefficient (Wildman–Crippen LogP) is 2.84.